The Morgan fingerprint density at radius 1 is 1.10 bits per heavy atom. The molecule has 0 saturated heterocycles. The van der Waals surface area contributed by atoms with Crippen LogP contribution < -0.4 is 4.74 Å². The van der Waals surface area contributed by atoms with Crippen molar-refractivity contribution in [2.75, 3.05) is 0 Å². The van der Waals surface area contributed by atoms with Gasteiger partial charge in [0, 0.05) is 11.5 Å². The normalized spacial score (nSPS) is 11.5. The van der Waals surface area contributed by atoms with Gasteiger partial charge in [-0.1, -0.05) is 44.5 Å². The highest BCUT2D eigenvalue weighted by atomic mass is 19.4. The molecule has 4 nitrogen and oxygen atoms in total. The zero-order valence-electron chi connectivity index (χ0n) is 17.1. The molecule has 164 valence electrons. The van der Waals surface area contributed by atoms with Crippen molar-refractivity contribution >= 4 is 16.9 Å². The summed E-state index contributed by atoms with van der Waals surface area (Å²) >= 11 is 0. The predicted octanol–water partition coefficient (Wildman–Crippen LogP) is 6.96. The van der Waals surface area contributed by atoms with Gasteiger partial charge in [-0.25, -0.2) is 4.79 Å². The van der Waals surface area contributed by atoms with Crippen LogP contribution >= 0.6 is 0 Å². The Hall–Kier alpha value is -3.22. The quantitative estimate of drug-likeness (QED) is 0.208. The van der Waals surface area contributed by atoms with E-state index in [1.54, 1.807) is 36.4 Å². The molecule has 0 atom stereocenters. The van der Waals surface area contributed by atoms with Crippen molar-refractivity contribution in [1.82, 2.24) is 0 Å². The van der Waals surface area contributed by atoms with Gasteiger partial charge in [-0.05, 0) is 48.2 Å². The van der Waals surface area contributed by atoms with E-state index in [2.05, 4.69) is 18.2 Å². The zero-order valence-corrected chi connectivity index (χ0v) is 17.1. The third-order valence-corrected chi connectivity index (χ3v) is 4.74. The van der Waals surface area contributed by atoms with Gasteiger partial charge >= 0.3 is 12.3 Å². The lowest BCUT2D eigenvalue weighted by Gasteiger charge is -2.13. The Kier molecular flexibility index (Phi) is 7.05. The fourth-order valence-corrected chi connectivity index (χ4v) is 3.23. The van der Waals surface area contributed by atoms with Crippen molar-refractivity contribution in [3.8, 4) is 17.1 Å². The molecule has 0 N–H and O–H groups in total. The highest BCUT2D eigenvalue weighted by molar-refractivity contribution is 5.85. The van der Waals surface area contributed by atoms with Crippen molar-refractivity contribution in [3.05, 3.63) is 66.2 Å². The average molecular weight is 432 g/mol. The van der Waals surface area contributed by atoms with Crippen LogP contribution in [0.2, 0.25) is 0 Å². The molecule has 0 aliphatic carbocycles. The molecule has 1 aromatic heterocycles. The number of furan rings is 1. The van der Waals surface area contributed by atoms with E-state index in [1.807, 2.05) is 0 Å². The van der Waals surface area contributed by atoms with Crippen molar-refractivity contribution in [2.24, 2.45) is 0 Å². The number of esters is 1. The summed E-state index contributed by atoms with van der Waals surface area (Å²) in [5.74, 6) is -0.580. The molecule has 0 spiro atoms. The molecular formula is C24H23F3O4. The molecule has 3 rings (SSSR count). The number of carbonyl (C=O) groups is 1. The van der Waals surface area contributed by atoms with Gasteiger partial charge in [0.1, 0.15) is 23.7 Å². The minimum absolute atomic E-state index is 0.0335. The predicted molar refractivity (Wildman–Crippen MR) is 112 cm³/mol. The zero-order chi connectivity index (χ0) is 22.4. The second-order valence-electron chi connectivity index (χ2n) is 7.13. The second-order valence-corrected chi connectivity index (χ2v) is 7.13. The summed E-state index contributed by atoms with van der Waals surface area (Å²) in [5.41, 5.74) is 2.14. The molecule has 0 aliphatic rings. The van der Waals surface area contributed by atoms with Gasteiger partial charge in [0.05, 0.1) is 5.56 Å². The molecule has 0 amide bonds. The van der Waals surface area contributed by atoms with Crippen molar-refractivity contribution in [1.29, 1.82) is 0 Å². The number of ether oxygens (including phenoxy) is 2. The highest BCUT2D eigenvalue weighted by Gasteiger charge is 2.32. The Bertz CT molecular complexity index is 1070. The van der Waals surface area contributed by atoms with Crippen LogP contribution in [-0.2, 0) is 22.6 Å². The molecule has 0 unspecified atom stereocenters. The number of hydrogen-bond acceptors (Lipinski definition) is 4. The minimum atomic E-state index is -4.81. The maximum atomic E-state index is 13.0. The van der Waals surface area contributed by atoms with Gasteiger partial charge in [-0.3, -0.25) is 0 Å². The van der Waals surface area contributed by atoms with Crippen LogP contribution in [0.1, 0.15) is 37.3 Å². The summed E-state index contributed by atoms with van der Waals surface area (Å²) in [6.07, 6.45) is -0.147. The van der Waals surface area contributed by atoms with E-state index in [0.717, 1.165) is 30.9 Å². The Balaban J connectivity index is 1.92. The van der Waals surface area contributed by atoms with Crippen LogP contribution in [0.4, 0.5) is 13.2 Å². The summed E-state index contributed by atoms with van der Waals surface area (Å²) in [7, 11) is 0. The lowest BCUT2D eigenvalue weighted by molar-refractivity contribution is -0.274. The molecule has 7 heteroatoms. The molecule has 2 aromatic carbocycles. The maximum Gasteiger partial charge on any atom is 0.573 e. The number of alkyl halides is 3. The lowest BCUT2D eigenvalue weighted by atomic mass is 10.0. The first-order valence-electron chi connectivity index (χ1n) is 9.99. The van der Waals surface area contributed by atoms with Gasteiger partial charge in [0.25, 0.3) is 0 Å². The number of rotatable bonds is 9. The molecule has 1 heterocycles. The monoisotopic (exact) mass is 432 g/mol. The third-order valence-electron chi connectivity index (χ3n) is 4.74. The van der Waals surface area contributed by atoms with Crippen LogP contribution in [0.3, 0.4) is 0 Å². The van der Waals surface area contributed by atoms with Crippen LogP contribution in [0, 0.1) is 0 Å². The lowest BCUT2D eigenvalue weighted by Crippen LogP contribution is -2.17. The van der Waals surface area contributed by atoms with E-state index in [0.29, 0.717) is 23.0 Å². The molecule has 3 aromatic rings. The first-order chi connectivity index (χ1) is 14.8. The SMILES string of the molecule is C=CC(=O)OCc1ccc2cc(-c3ccc(CCCCC)cc3OC(F)(F)F)oc2c1. The standard InChI is InChI=1S/C24H23F3O4/c1-3-5-6-7-16-9-11-19(22(12-16)31-24(25,26)27)21-14-18-10-8-17(13-20(18)30-21)15-29-23(28)4-2/h4,8-14H,2-3,5-7,15H2,1H3. The van der Waals surface area contributed by atoms with Gasteiger partial charge in [-0.2, -0.15) is 0 Å². The van der Waals surface area contributed by atoms with Crippen LogP contribution in [0.25, 0.3) is 22.3 Å². The number of carbonyl (C=O) groups excluding carboxylic acids is 1. The van der Waals surface area contributed by atoms with Crippen molar-refractivity contribution in [3.63, 3.8) is 0 Å². The van der Waals surface area contributed by atoms with Crippen molar-refractivity contribution < 1.29 is 31.9 Å². The molecule has 31 heavy (non-hydrogen) atoms. The maximum absolute atomic E-state index is 13.0. The Morgan fingerprint density at radius 3 is 2.58 bits per heavy atom. The first-order valence-corrected chi connectivity index (χ1v) is 9.99. The summed E-state index contributed by atoms with van der Waals surface area (Å²) < 4.78 is 54.2. The molecule has 0 fully saturated rings. The van der Waals surface area contributed by atoms with E-state index in [-0.39, 0.29) is 23.7 Å². The third kappa shape index (κ3) is 6.13. The average Bonchev–Trinajstić information content (AvgIpc) is 3.14. The minimum Gasteiger partial charge on any atom is -0.458 e. The van der Waals surface area contributed by atoms with Crippen LogP contribution in [0.15, 0.2) is 59.5 Å². The van der Waals surface area contributed by atoms with E-state index in [1.165, 1.54) is 6.07 Å². The largest absolute Gasteiger partial charge is 0.573 e. The second kappa shape index (κ2) is 9.73. The molecule has 0 aliphatic heterocycles. The summed E-state index contributed by atoms with van der Waals surface area (Å²) in [6.45, 7) is 5.44. The van der Waals surface area contributed by atoms with Crippen LogP contribution in [-0.4, -0.2) is 12.3 Å². The number of halogens is 3. The number of fused-ring (bicyclic) bond motifs is 1. The smallest absolute Gasteiger partial charge is 0.458 e. The Labute approximate surface area is 178 Å². The van der Waals surface area contributed by atoms with Gasteiger partial charge in [0.2, 0.25) is 0 Å². The molecule has 0 bridgehead atoms. The van der Waals surface area contributed by atoms with E-state index >= 15 is 0 Å². The van der Waals surface area contributed by atoms with E-state index in [4.69, 9.17) is 9.15 Å². The topological polar surface area (TPSA) is 48.7 Å². The van der Waals surface area contributed by atoms with Crippen LogP contribution in [0.5, 0.6) is 5.75 Å². The Morgan fingerprint density at radius 2 is 1.87 bits per heavy atom. The van der Waals surface area contributed by atoms with E-state index < -0.39 is 12.3 Å². The highest BCUT2D eigenvalue weighted by Crippen LogP contribution is 2.38. The molecule has 0 radical (unpaired) electrons. The van der Waals surface area contributed by atoms with Gasteiger partial charge in [0.15, 0.2) is 0 Å². The van der Waals surface area contributed by atoms with E-state index in [9.17, 15) is 18.0 Å². The summed E-state index contributed by atoms with van der Waals surface area (Å²) in [4.78, 5) is 11.2. The van der Waals surface area contributed by atoms with Gasteiger partial charge < -0.3 is 13.9 Å². The van der Waals surface area contributed by atoms with Crippen molar-refractivity contribution in [2.45, 2.75) is 45.6 Å². The summed E-state index contributed by atoms with van der Waals surface area (Å²) in [6, 6.07) is 11.6. The molecule has 0 saturated carbocycles. The number of benzene rings is 2. The molecular weight excluding hydrogens is 409 g/mol. The number of hydrogen-bond donors (Lipinski definition) is 0. The first kappa shape index (κ1) is 22.5. The fraction of sp³-hybridized carbons (Fsp3) is 0.292. The fourth-order valence-electron chi connectivity index (χ4n) is 3.23. The summed E-state index contributed by atoms with van der Waals surface area (Å²) in [5, 5.41) is 0.707. The number of unbranched alkanes of at least 4 members (excludes halogenated alkanes) is 2. The van der Waals surface area contributed by atoms with Gasteiger partial charge in [-0.15, -0.1) is 13.2 Å². The number of aryl methyl sites for hydroxylation is 1.